The van der Waals surface area contributed by atoms with Gasteiger partial charge in [0, 0.05) is 49.6 Å². The van der Waals surface area contributed by atoms with Gasteiger partial charge in [-0.2, -0.15) is 5.10 Å². The van der Waals surface area contributed by atoms with Crippen molar-refractivity contribution in [2.75, 3.05) is 13.7 Å². The summed E-state index contributed by atoms with van der Waals surface area (Å²) in [5, 5.41) is 18.8. The zero-order chi connectivity index (χ0) is 20.8. The minimum atomic E-state index is -0.407. The number of rotatable bonds is 9. The third-order valence-electron chi connectivity index (χ3n) is 4.43. The van der Waals surface area contributed by atoms with Gasteiger partial charge in [-0.25, -0.2) is 0 Å². The van der Waals surface area contributed by atoms with Gasteiger partial charge in [-0.1, -0.05) is 6.07 Å². The van der Waals surface area contributed by atoms with Crippen molar-refractivity contribution >= 4 is 5.69 Å². The van der Waals surface area contributed by atoms with Gasteiger partial charge in [-0.15, -0.1) is 0 Å². The Morgan fingerprint density at radius 1 is 1.14 bits per heavy atom. The van der Waals surface area contributed by atoms with Gasteiger partial charge in [0.2, 0.25) is 0 Å². The van der Waals surface area contributed by atoms with Crippen molar-refractivity contribution in [1.29, 1.82) is 0 Å². The summed E-state index contributed by atoms with van der Waals surface area (Å²) < 4.78 is 12.7. The van der Waals surface area contributed by atoms with E-state index in [0.29, 0.717) is 25.4 Å². The van der Waals surface area contributed by atoms with Crippen LogP contribution in [-0.2, 0) is 20.1 Å². The van der Waals surface area contributed by atoms with E-state index in [-0.39, 0.29) is 5.69 Å². The average molecular weight is 396 g/mol. The number of ether oxygens (including phenoxy) is 2. The second-order valence-electron chi connectivity index (χ2n) is 6.50. The molecule has 0 radical (unpaired) electrons. The molecule has 0 bridgehead atoms. The van der Waals surface area contributed by atoms with Crippen LogP contribution in [-0.4, -0.2) is 28.4 Å². The van der Waals surface area contributed by atoms with Gasteiger partial charge < -0.3 is 14.8 Å². The van der Waals surface area contributed by atoms with Crippen LogP contribution in [0.3, 0.4) is 0 Å². The fourth-order valence-corrected chi connectivity index (χ4v) is 3.09. The predicted octanol–water partition coefficient (Wildman–Crippen LogP) is 3.69. The summed E-state index contributed by atoms with van der Waals surface area (Å²) in [4.78, 5) is 10.5. The summed E-state index contributed by atoms with van der Waals surface area (Å²) in [7, 11) is 3.48. The molecule has 8 heteroatoms. The molecule has 0 fully saturated rings. The van der Waals surface area contributed by atoms with Crippen LogP contribution in [0.4, 0.5) is 5.69 Å². The maximum absolute atomic E-state index is 10.9. The van der Waals surface area contributed by atoms with Crippen molar-refractivity contribution < 1.29 is 14.4 Å². The fraction of sp³-hybridized carbons (Fsp3) is 0.286. The molecule has 0 unspecified atom stereocenters. The smallest absolute Gasteiger partial charge is 0.269 e. The number of methoxy groups -OCH3 is 1. The molecule has 0 aliphatic heterocycles. The van der Waals surface area contributed by atoms with Gasteiger partial charge >= 0.3 is 0 Å². The van der Waals surface area contributed by atoms with E-state index in [4.69, 9.17) is 9.47 Å². The number of nitro groups is 1. The molecule has 0 aliphatic carbocycles. The van der Waals surface area contributed by atoms with Crippen molar-refractivity contribution in [3.8, 4) is 22.8 Å². The highest BCUT2D eigenvalue weighted by Gasteiger charge is 2.12. The van der Waals surface area contributed by atoms with E-state index >= 15 is 0 Å². The molecule has 0 saturated heterocycles. The minimum Gasteiger partial charge on any atom is -0.493 e. The molecule has 0 aliphatic rings. The van der Waals surface area contributed by atoms with Gasteiger partial charge in [0.05, 0.1) is 24.3 Å². The first-order chi connectivity index (χ1) is 14.0. The molecule has 1 N–H and O–H groups in total. The zero-order valence-corrected chi connectivity index (χ0v) is 16.7. The van der Waals surface area contributed by atoms with Gasteiger partial charge in [-0.05, 0) is 36.8 Å². The molecule has 0 amide bonds. The maximum Gasteiger partial charge on any atom is 0.269 e. The van der Waals surface area contributed by atoms with Crippen LogP contribution in [0.2, 0.25) is 0 Å². The largest absolute Gasteiger partial charge is 0.493 e. The van der Waals surface area contributed by atoms with E-state index in [1.807, 2.05) is 38.4 Å². The van der Waals surface area contributed by atoms with Crippen molar-refractivity contribution in [1.82, 2.24) is 15.1 Å². The Labute approximate surface area is 169 Å². The van der Waals surface area contributed by atoms with Crippen LogP contribution in [0.25, 0.3) is 11.3 Å². The lowest BCUT2D eigenvalue weighted by Crippen LogP contribution is -2.13. The molecule has 2 aromatic carbocycles. The van der Waals surface area contributed by atoms with Crippen LogP contribution in [0.15, 0.2) is 48.7 Å². The number of nitrogens with zero attached hydrogens (tertiary/aromatic N) is 3. The predicted molar refractivity (Wildman–Crippen MR) is 110 cm³/mol. The van der Waals surface area contributed by atoms with Crippen LogP contribution >= 0.6 is 0 Å². The fourth-order valence-electron chi connectivity index (χ4n) is 3.09. The number of nitrogens with one attached hydrogen (secondary N) is 1. The molecule has 0 saturated carbocycles. The van der Waals surface area contributed by atoms with Crippen LogP contribution in [0.1, 0.15) is 18.1 Å². The highest BCUT2D eigenvalue weighted by atomic mass is 16.6. The summed E-state index contributed by atoms with van der Waals surface area (Å²) >= 11 is 0. The number of aryl methyl sites for hydroxylation is 1. The average Bonchev–Trinajstić information content (AvgIpc) is 3.09. The summed E-state index contributed by atoms with van der Waals surface area (Å²) in [6.07, 6.45) is 1.95. The first-order valence-electron chi connectivity index (χ1n) is 9.29. The monoisotopic (exact) mass is 396 g/mol. The standard InChI is InChI=1S/C21H24N4O4/c1-4-29-19-10-5-15(11-20(19)28-3)12-22-13-17-14-24(2)23-21(17)16-6-8-18(9-7-16)25(26)27/h5-11,14,22H,4,12-13H2,1-3H3. The van der Waals surface area contributed by atoms with Gasteiger partial charge in [0.25, 0.3) is 5.69 Å². The molecule has 3 aromatic rings. The highest BCUT2D eigenvalue weighted by Crippen LogP contribution is 2.28. The van der Waals surface area contributed by atoms with E-state index in [0.717, 1.165) is 28.1 Å². The third kappa shape index (κ3) is 4.91. The molecular weight excluding hydrogens is 372 g/mol. The quantitative estimate of drug-likeness (QED) is 0.438. The van der Waals surface area contributed by atoms with Crippen molar-refractivity contribution in [2.24, 2.45) is 7.05 Å². The van der Waals surface area contributed by atoms with Crippen molar-refractivity contribution in [2.45, 2.75) is 20.0 Å². The summed E-state index contributed by atoms with van der Waals surface area (Å²) in [5.74, 6) is 1.44. The second kappa shape index (κ2) is 9.20. The Morgan fingerprint density at radius 2 is 1.90 bits per heavy atom. The number of hydrogen-bond acceptors (Lipinski definition) is 6. The van der Waals surface area contributed by atoms with E-state index in [9.17, 15) is 10.1 Å². The Hall–Kier alpha value is -3.39. The molecule has 29 heavy (non-hydrogen) atoms. The Morgan fingerprint density at radius 3 is 2.55 bits per heavy atom. The van der Waals surface area contributed by atoms with Crippen LogP contribution in [0.5, 0.6) is 11.5 Å². The number of nitro benzene ring substituents is 1. The molecular formula is C21H24N4O4. The van der Waals surface area contributed by atoms with Gasteiger partial charge in [0.15, 0.2) is 11.5 Å². The van der Waals surface area contributed by atoms with Crippen molar-refractivity contribution in [3.05, 3.63) is 69.9 Å². The van der Waals surface area contributed by atoms with E-state index < -0.39 is 4.92 Å². The van der Waals surface area contributed by atoms with Gasteiger partial charge in [-0.3, -0.25) is 14.8 Å². The SMILES string of the molecule is CCOc1ccc(CNCc2cn(C)nc2-c2ccc([N+](=O)[O-])cc2)cc1OC. The molecule has 152 valence electrons. The molecule has 1 aromatic heterocycles. The topological polar surface area (TPSA) is 91.5 Å². The molecule has 1 heterocycles. The van der Waals surface area contributed by atoms with Gasteiger partial charge in [0.1, 0.15) is 0 Å². The minimum absolute atomic E-state index is 0.0637. The lowest BCUT2D eigenvalue weighted by atomic mass is 10.1. The van der Waals surface area contributed by atoms with Crippen molar-refractivity contribution in [3.63, 3.8) is 0 Å². The lowest BCUT2D eigenvalue weighted by Gasteiger charge is -2.11. The summed E-state index contributed by atoms with van der Waals surface area (Å²) in [6, 6.07) is 12.3. The highest BCUT2D eigenvalue weighted by molar-refractivity contribution is 5.64. The van der Waals surface area contributed by atoms with E-state index in [1.165, 1.54) is 12.1 Å². The molecule has 8 nitrogen and oxygen atoms in total. The summed E-state index contributed by atoms with van der Waals surface area (Å²) in [6.45, 7) is 3.78. The number of non-ortho nitro benzene ring substituents is 1. The molecule has 0 spiro atoms. The first kappa shape index (κ1) is 20.3. The van der Waals surface area contributed by atoms with E-state index in [2.05, 4.69) is 10.4 Å². The number of hydrogen-bond donors (Lipinski definition) is 1. The lowest BCUT2D eigenvalue weighted by molar-refractivity contribution is -0.384. The maximum atomic E-state index is 10.9. The van der Waals surface area contributed by atoms with Crippen LogP contribution < -0.4 is 14.8 Å². The second-order valence-corrected chi connectivity index (χ2v) is 6.50. The normalized spacial score (nSPS) is 10.7. The summed E-state index contributed by atoms with van der Waals surface area (Å²) in [5.41, 5.74) is 3.80. The molecule has 3 rings (SSSR count). The van der Waals surface area contributed by atoms with E-state index in [1.54, 1.807) is 23.9 Å². The van der Waals surface area contributed by atoms with Crippen LogP contribution in [0, 0.1) is 10.1 Å². The number of aromatic nitrogens is 2. The molecule has 0 atom stereocenters. The third-order valence-corrected chi connectivity index (χ3v) is 4.43. The first-order valence-corrected chi connectivity index (χ1v) is 9.29. The Bertz CT molecular complexity index is 983. The Kier molecular flexibility index (Phi) is 6.46. The Balaban J connectivity index is 1.69. The zero-order valence-electron chi connectivity index (χ0n) is 16.7. The number of benzene rings is 2.